The largest absolute Gasteiger partial charge is 0.489 e. The van der Waals surface area contributed by atoms with Gasteiger partial charge in [-0.15, -0.1) is 17.5 Å². The van der Waals surface area contributed by atoms with Gasteiger partial charge in [-0.3, -0.25) is 0 Å². The highest BCUT2D eigenvalue weighted by Gasteiger charge is 2.20. The van der Waals surface area contributed by atoms with Crippen LogP contribution in [0.1, 0.15) is 24.8 Å². The topological polar surface area (TPSA) is 56.1 Å². The summed E-state index contributed by atoms with van der Waals surface area (Å²) in [6.45, 7) is 2.39. The molecule has 10 heteroatoms. The summed E-state index contributed by atoms with van der Waals surface area (Å²) in [5, 5.41) is 13.6. The molecule has 0 amide bonds. The number of hydrogen-bond donors (Lipinski definition) is 0. The van der Waals surface area contributed by atoms with Gasteiger partial charge in [-0.05, 0) is 73.6 Å². The summed E-state index contributed by atoms with van der Waals surface area (Å²) < 4.78 is 8.08. The Morgan fingerprint density at radius 3 is 2.81 bits per heavy atom. The molecule has 6 nitrogen and oxygen atoms in total. The number of aromatic nitrogens is 4. The van der Waals surface area contributed by atoms with E-state index in [0.29, 0.717) is 33.0 Å². The van der Waals surface area contributed by atoms with E-state index in [-0.39, 0.29) is 18.5 Å². The first-order chi connectivity index (χ1) is 14.5. The molecule has 1 aliphatic heterocycles. The van der Waals surface area contributed by atoms with E-state index in [1.807, 2.05) is 30.3 Å². The molecule has 1 aromatic heterocycles. The molecule has 0 radical (unpaired) electrons. The van der Waals surface area contributed by atoms with Gasteiger partial charge in [0.25, 0.3) is 0 Å². The Morgan fingerprint density at radius 2 is 1.97 bits per heavy atom. The van der Waals surface area contributed by atoms with Crippen molar-refractivity contribution in [1.29, 1.82) is 0 Å². The molecule has 1 atom stereocenters. The number of nitrogens with zero attached hydrogens (tertiary/aromatic N) is 5. The molecule has 4 rings (SSSR count). The Balaban J connectivity index is 0.00000272. The molecule has 3 aromatic rings. The summed E-state index contributed by atoms with van der Waals surface area (Å²) in [5.41, 5.74) is 1.57. The van der Waals surface area contributed by atoms with Gasteiger partial charge in [-0.25, -0.2) is 4.68 Å². The quantitative estimate of drug-likeness (QED) is 0.452. The predicted molar refractivity (Wildman–Crippen MR) is 127 cm³/mol. The standard InChI is InChI=1S/C21H22Cl3N5O.ClH/c1-28-10-3-2-5-16(13-28)30-19-9-8-15(22)11-14(19)12-29-21(25-26-27-29)17-6-4-7-18(23)20(17)24;/h4,6-9,11,16H,2-3,5,10,12-13H2,1H3;1H. The van der Waals surface area contributed by atoms with Gasteiger partial charge in [0.2, 0.25) is 0 Å². The number of hydrogen-bond acceptors (Lipinski definition) is 5. The summed E-state index contributed by atoms with van der Waals surface area (Å²) in [7, 11) is 2.13. The maximum atomic E-state index is 6.40. The molecule has 31 heavy (non-hydrogen) atoms. The van der Waals surface area contributed by atoms with Crippen molar-refractivity contribution in [3.63, 3.8) is 0 Å². The minimum absolute atomic E-state index is 0. The van der Waals surface area contributed by atoms with Crippen LogP contribution in [0.15, 0.2) is 36.4 Å². The molecule has 0 aliphatic carbocycles. The lowest BCUT2D eigenvalue weighted by atomic mass is 10.1. The number of rotatable bonds is 5. The van der Waals surface area contributed by atoms with Crippen molar-refractivity contribution in [3.8, 4) is 17.1 Å². The van der Waals surface area contributed by atoms with Gasteiger partial charge in [0.1, 0.15) is 11.9 Å². The van der Waals surface area contributed by atoms with Gasteiger partial charge >= 0.3 is 0 Å². The summed E-state index contributed by atoms with van der Waals surface area (Å²) in [6.07, 6.45) is 3.51. The maximum Gasteiger partial charge on any atom is 0.183 e. The van der Waals surface area contributed by atoms with Crippen LogP contribution in [0, 0.1) is 0 Å². The fourth-order valence-electron chi connectivity index (χ4n) is 3.69. The van der Waals surface area contributed by atoms with Crippen molar-refractivity contribution in [3.05, 3.63) is 57.0 Å². The molecule has 166 valence electrons. The molecule has 1 fully saturated rings. The van der Waals surface area contributed by atoms with Crippen LogP contribution in [0.3, 0.4) is 0 Å². The average molecular weight is 503 g/mol. The van der Waals surface area contributed by atoms with E-state index >= 15 is 0 Å². The van der Waals surface area contributed by atoms with Crippen molar-refractivity contribution >= 4 is 47.2 Å². The number of likely N-dealkylation sites (tertiary alicyclic amines) is 1. The smallest absolute Gasteiger partial charge is 0.183 e. The Bertz CT molecular complexity index is 1030. The zero-order chi connectivity index (χ0) is 21.1. The second kappa shape index (κ2) is 10.8. The number of tetrazole rings is 1. The third kappa shape index (κ3) is 5.82. The average Bonchev–Trinajstić information content (AvgIpc) is 3.06. The number of benzene rings is 2. The van der Waals surface area contributed by atoms with Crippen LogP contribution in [0.25, 0.3) is 11.4 Å². The molecule has 0 saturated carbocycles. The van der Waals surface area contributed by atoms with Crippen molar-refractivity contribution in [2.75, 3.05) is 20.1 Å². The third-order valence-electron chi connectivity index (χ3n) is 5.19. The van der Waals surface area contributed by atoms with Crippen LogP contribution < -0.4 is 4.74 Å². The summed E-state index contributed by atoms with van der Waals surface area (Å²) in [5.74, 6) is 1.32. The minimum Gasteiger partial charge on any atom is -0.489 e. The predicted octanol–water partition coefficient (Wildman–Crippen LogP) is 5.63. The third-order valence-corrected chi connectivity index (χ3v) is 6.25. The molecule has 0 N–H and O–H groups in total. The molecular formula is C21H23Cl4N5O. The summed E-state index contributed by atoms with van der Waals surface area (Å²) in [4.78, 5) is 2.31. The van der Waals surface area contributed by atoms with Gasteiger partial charge in [0.05, 0.1) is 16.6 Å². The lowest BCUT2D eigenvalue weighted by Crippen LogP contribution is -2.31. The fourth-order valence-corrected chi connectivity index (χ4v) is 4.27. The van der Waals surface area contributed by atoms with E-state index in [1.165, 1.54) is 6.42 Å². The zero-order valence-electron chi connectivity index (χ0n) is 17.0. The molecule has 2 aromatic carbocycles. The van der Waals surface area contributed by atoms with Crippen LogP contribution in [0.5, 0.6) is 5.75 Å². The Labute approximate surface area is 202 Å². The van der Waals surface area contributed by atoms with E-state index in [0.717, 1.165) is 37.2 Å². The second-order valence-electron chi connectivity index (χ2n) is 7.51. The number of halogens is 4. The Kier molecular flexibility index (Phi) is 8.42. The van der Waals surface area contributed by atoms with Crippen LogP contribution >= 0.6 is 47.2 Å². The monoisotopic (exact) mass is 501 g/mol. The van der Waals surface area contributed by atoms with Crippen molar-refractivity contribution in [2.45, 2.75) is 31.9 Å². The first-order valence-corrected chi connectivity index (χ1v) is 11.0. The summed E-state index contributed by atoms with van der Waals surface area (Å²) in [6, 6.07) is 11.0. The molecule has 1 unspecified atom stereocenters. The van der Waals surface area contributed by atoms with Crippen LogP contribution in [-0.4, -0.2) is 51.3 Å². The van der Waals surface area contributed by atoms with E-state index in [1.54, 1.807) is 10.7 Å². The molecule has 0 spiro atoms. The van der Waals surface area contributed by atoms with Crippen molar-refractivity contribution < 1.29 is 4.74 Å². The SMILES string of the molecule is CN1CCCCC(Oc2ccc(Cl)cc2Cn2nnnc2-c2cccc(Cl)c2Cl)C1.Cl. The van der Waals surface area contributed by atoms with Gasteiger partial charge < -0.3 is 9.64 Å². The highest BCUT2D eigenvalue weighted by atomic mass is 35.5. The van der Waals surface area contributed by atoms with Gasteiger partial charge in [0.15, 0.2) is 5.82 Å². The lowest BCUT2D eigenvalue weighted by molar-refractivity contribution is 0.154. The minimum atomic E-state index is 0. The highest BCUT2D eigenvalue weighted by Crippen LogP contribution is 2.33. The molecule has 1 aliphatic rings. The summed E-state index contributed by atoms with van der Waals surface area (Å²) >= 11 is 18.8. The van der Waals surface area contributed by atoms with Gasteiger partial charge in [-0.2, -0.15) is 0 Å². The first-order valence-electron chi connectivity index (χ1n) is 9.85. The Hall–Kier alpha value is -1.57. The van der Waals surface area contributed by atoms with Gasteiger partial charge in [-0.1, -0.05) is 40.9 Å². The van der Waals surface area contributed by atoms with Gasteiger partial charge in [0, 0.05) is 22.7 Å². The normalized spacial score (nSPS) is 17.1. The highest BCUT2D eigenvalue weighted by molar-refractivity contribution is 6.43. The van der Waals surface area contributed by atoms with Crippen molar-refractivity contribution in [2.24, 2.45) is 0 Å². The maximum absolute atomic E-state index is 6.40. The fraction of sp³-hybridized carbons (Fsp3) is 0.381. The second-order valence-corrected chi connectivity index (χ2v) is 8.73. The van der Waals surface area contributed by atoms with E-state index in [2.05, 4.69) is 27.5 Å². The Morgan fingerprint density at radius 1 is 1.13 bits per heavy atom. The van der Waals surface area contributed by atoms with Crippen LogP contribution in [0.4, 0.5) is 0 Å². The number of ether oxygens (including phenoxy) is 1. The van der Waals surface area contributed by atoms with Crippen LogP contribution in [0.2, 0.25) is 15.1 Å². The molecule has 1 saturated heterocycles. The van der Waals surface area contributed by atoms with Crippen molar-refractivity contribution in [1.82, 2.24) is 25.1 Å². The lowest BCUT2D eigenvalue weighted by Gasteiger charge is -2.23. The first kappa shape index (κ1) is 24.1. The van der Waals surface area contributed by atoms with Crippen LogP contribution in [-0.2, 0) is 6.54 Å². The molecule has 0 bridgehead atoms. The molecular weight excluding hydrogens is 480 g/mol. The zero-order valence-corrected chi connectivity index (χ0v) is 20.1. The molecule has 2 heterocycles. The van der Waals surface area contributed by atoms with E-state index < -0.39 is 0 Å². The van der Waals surface area contributed by atoms with E-state index in [4.69, 9.17) is 39.5 Å². The van der Waals surface area contributed by atoms with E-state index in [9.17, 15) is 0 Å². The number of likely N-dealkylation sites (N-methyl/N-ethyl adjacent to an activating group) is 1.